The van der Waals surface area contributed by atoms with E-state index < -0.39 is 0 Å². The van der Waals surface area contributed by atoms with Gasteiger partial charge in [-0.25, -0.2) is 0 Å². The Morgan fingerprint density at radius 3 is 2.25 bits per heavy atom. The van der Waals surface area contributed by atoms with Gasteiger partial charge in [-0.15, -0.1) is 0 Å². The first kappa shape index (κ1) is 10.0. The molecule has 0 amide bonds. The van der Waals surface area contributed by atoms with E-state index in [1.165, 1.54) is 38.6 Å². The van der Waals surface area contributed by atoms with Crippen LogP contribution in [0.3, 0.4) is 0 Å². The molecule has 0 unspecified atom stereocenters. The fraction of sp³-hybridized carbons (Fsp3) is 1.00. The largest absolute Gasteiger partial charge is 0.314 e. The molecule has 1 aliphatic carbocycles. The molecule has 0 aliphatic heterocycles. The van der Waals surface area contributed by atoms with E-state index in [0.717, 1.165) is 0 Å². The molecule has 0 aromatic heterocycles. The van der Waals surface area contributed by atoms with Gasteiger partial charge < -0.3 is 5.32 Å². The van der Waals surface area contributed by atoms with Crippen molar-refractivity contribution in [3.05, 3.63) is 0 Å². The Morgan fingerprint density at radius 2 is 1.75 bits per heavy atom. The summed E-state index contributed by atoms with van der Waals surface area (Å²) in [5, 5.41) is 3.56. The summed E-state index contributed by atoms with van der Waals surface area (Å²) in [5.74, 6) is 0. The first-order valence-electron chi connectivity index (χ1n) is 5.36. The van der Waals surface area contributed by atoms with E-state index in [0.29, 0.717) is 11.5 Å². The lowest BCUT2D eigenvalue weighted by Crippen LogP contribution is -2.36. The van der Waals surface area contributed by atoms with Gasteiger partial charge in [0.2, 0.25) is 0 Å². The molecule has 1 rings (SSSR count). The summed E-state index contributed by atoms with van der Waals surface area (Å²) in [5.41, 5.74) is 0.600. The summed E-state index contributed by atoms with van der Waals surface area (Å²) >= 11 is 0. The normalized spacial score (nSPS) is 23.0. The molecule has 0 atom stereocenters. The Morgan fingerprint density at radius 1 is 1.17 bits per heavy atom. The molecular weight excluding hydrogens is 146 g/mol. The van der Waals surface area contributed by atoms with Crippen molar-refractivity contribution in [3.63, 3.8) is 0 Å². The predicted molar refractivity (Wildman–Crippen MR) is 54.3 cm³/mol. The van der Waals surface area contributed by atoms with Gasteiger partial charge in [-0.05, 0) is 18.3 Å². The van der Waals surface area contributed by atoms with Crippen molar-refractivity contribution >= 4 is 0 Å². The molecule has 12 heavy (non-hydrogen) atoms. The fourth-order valence-electron chi connectivity index (χ4n) is 2.03. The minimum absolute atomic E-state index is 0.600. The third kappa shape index (κ3) is 3.14. The highest BCUT2D eigenvalue weighted by Crippen LogP contribution is 2.34. The van der Waals surface area contributed by atoms with E-state index in [1.807, 2.05) is 0 Å². The monoisotopic (exact) mass is 169 g/mol. The summed E-state index contributed by atoms with van der Waals surface area (Å²) in [4.78, 5) is 0. The highest BCUT2D eigenvalue weighted by Gasteiger charge is 2.26. The lowest BCUT2D eigenvalue weighted by molar-refractivity contribution is 0.203. The number of rotatable bonds is 3. The Bertz CT molecular complexity index is 123. The highest BCUT2D eigenvalue weighted by molar-refractivity contribution is 4.80. The fourth-order valence-corrected chi connectivity index (χ4v) is 2.03. The standard InChI is InChI=1S/C11H23N/c1-10(2)12-9-11(3)7-5-4-6-8-11/h10,12H,4-9H2,1-3H3. The van der Waals surface area contributed by atoms with Gasteiger partial charge in [0.05, 0.1) is 0 Å². The number of hydrogen-bond donors (Lipinski definition) is 1. The van der Waals surface area contributed by atoms with Crippen molar-refractivity contribution in [1.82, 2.24) is 5.32 Å². The van der Waals surface area contributed by atoms with Gasteiger partial charge in [0.1, 0.15) is 0 Å². The molecule has 1 N–H and O–H groups in total. The van der Waals surface area contributed by atoms with Crippen LogP contribution in [0, 0.1) is 5.41 Å². The van der Waals surface area contributed by atoms with E-state index in [1.54, 1.807) is 0 Å². The van der Waals surface area contributed by atoms with Gasteiger partial charge in [0.15, 0.2) is 0 Å². The highest BCUT2D eigenvalue weighted by atomic mass is 14.9. The molecule has 1 aliphatic rings. The Hall–Kier alpha value is -0.0400. The average Bonchev–Trinajstić information content (AvgIpc) is 2.03. The third-order valence-corrected chi connectivity index (χ3v) is 3.00. The van der Waals surface area contributed by atoms with Crippen molar-refractivity contribution in [2.75, 3.05) is 6.54 Å². The first-order chi connectivity index (χ1) is 5.62. The molecule has 0 aromatic carbocycles. The minimum Gasteiger partial charge on any atom is -0.314 e. The van der Waals surface area contributed by atoms with Crippen LogP contribution in [-0.2, 0) is 0 Å². The molecule has 1 saturated carbocycles. The van der Waals surface area contributed by atoms with Gasteiger partial charge in [-0.3, -0.25) is 0 Å². The summed E-state index contributed by atoms with van der Waals surface area (Å²) in [6.07, 6.45) is 7.18. The molecule has 0 radical (unpaired) electrons. The van der Waals surface area contributed by atoms with Crippen molar-refractivity contribution in [1.29, 1.82) is 0 Å². The van der Waals surface area contributed by atoms with Gasteiger partial charge in [-0.2, -0.15) is 0 Å². The van der Waals surface area contributed by atoms with Gasteiger partial charge >= 0.3 is 0 Å². The van der Waals surface area contributed by atoms with Crippen molar-refractivity contribution in [3.8, 4) is 0 Å². The summed E-state index contributed by atoms with van der Waals surface area (Å²) in [6.45, 7) is 8.10. The SMILES string of the molecule is CC(C)NCC1(C)CCCCC1. The predicted octanol–water partition coefficient (Wildman–Crippen LogP) is 2.95. The second-order valence-corrected chi connectivity index (χ2v) is 4.91. The molecule has 0 spiro atoms. The van der Waals surface area contributed by atoms with Gasteiger partial charge in [0.25, 0.3) is 0 Å². The van der Waals surface area contributed by atoms with E-state index >= 15 is 0 Å². The Kier molecular flexibility index (Phi) is 3.57. The zero-order valence-electron chi connectivity index (χ0n) is 8.82. The molecule has 0 bridgehead atoms. The van der Waals surface area contributed by atoms with Crippen molar-refractivity contribution in [2.45, 2.75) is 58.9 Å². The van der Waals surface area contributed by atoms with Crippen LogP contribution in [0.2, 0.25) is 0 Å². The summed E-state index contributed by atoms with van der Waals surface area (Å²) in [6, 6.07) is 0.642. The maximum atomic E-state index is 3.56. The molecule has 1 fully saturated rings. The van der Waals surface area contributed by atoms with Crippen LogP contribution in [0.1, 0.15) is 52.9 Å². The van der Waals surface area contributed by atoms with Crippen LogP contribution in [0.15, 0.2) is 0 Å². The molecule has 0 heterocycles. The maximum absolute atomic E-state index is 3.56. The molecule has 72 valence electrons. The van der Waals surface area contributed by atoms with Crippen LogP contribution in [0.5, 0.6) is 0 Å². The quantitative estimate of drug-likeness (QED) is 0.685. The van der Waals surface area contributed by atoms with Crippen LogP contribution in [0.25, 0.3) is 0 Å². The lowest BCUT2D eigenvalue weighted by Gasteiger charge is -2.34. The summed E-state index contributed by atoms with van der Waals surface area (Å²) < 4.78 is 0. The minimum atomic E-state index is 0.600. The van der Waals surface area contributed by atoms with Gasteiger partial charge in [-0.1, -0.05) is 40.0 Å². The zero-order chi connectivity index (χ0) is 9.03. The topological polar surface area (TPSA) is 12.0 Å². The van der Waals surface area contributed by atoms with Gasteiger partial charge in [0, 0.05) is 12.6 Å². The Balaban J connectivity index is 2.26. The maximum Gasteiger partial charge on any atom is 0.00106 e. The average molecular weight is 169 g/mol. The number of nitrogens with one attached hydrogen (secondary N) is 1. The molecular formula is C11H23N. The number of hydrogen-bond acceptors (Lipinski definition) is 1. The second kappa shape index (κ2) is 4.27. The molecule has 0 saturated heterocycles. The van der Waals surface area contributed by atoms with Crippen LogP contribution in [-0.4, -0.2) is 12.6 Å². The van der Waals surface area contributed by atoms with Crippen LogP contribution in [0.4, 0.5) is 0 Å². The summed E-state index contributed by atoms with van der Waals surface area (Å²) in [7, 11) is 0. The second-order valence-electron chi connectivity index (χ2n) is 4.91. The van der Waals surface area contributed by atoms with E-state index in [2.05, 4.69) is 26.1 Å². The smallest absolute Gasteiger partial charge is 0.00106 e. The zero-order valence-corrected chi connectivity index (χ0v) is 8.82. The Labute approximate surface area is 76.9 Å². The van der Waals surface area contributed by atoms with Crippen LogP contribution < -0.4 is 5.32 Å². The molecule has 0 aromatic rings. The first-order valence-corrected chi connectivity index (χ1v) is 5.36. The lowest BCUT2D eigenvalue weighted by atomic mass is 9.75. The van der Waals surface area contributed by atoms with Crippen molar-refractivity contribution < 1.29 is 0 Å². The molecule has 1 nitrogen and oxygen atoms in total. The molecule has 1 heteroatoms. The van der Waals surface area contributed by atoms with E-state index in [-0.39, 0.29) is 0 Å². The van der Waals surface area contributed by atoms with Crippen LogP contribution >= 0.6 is 0 Å². The third-order valence-electron chi connectivity index (χ3n) is 3.00. The van der Waals surface area contributed by atoms with Crippen molar-refractivity contribution in [2.24, 2.45) is 5.41 Å². The van der Waals surface area contributed by atoms with E-state index in [9.17, 15) is 0 Å². The van der Waals surface area contributed by atoms with E-state index in [4.69, 9.17) is 0 Å².